The molecule has 0 aliphatic heterocycles. The number of rotatable bonds is 5. The van der Waals surface area contributed by atoms with Crippen LogP contribution in [0.15, 0.2) is 71.5 Å². The minimum Gasteiger partial charge on any atom is -0.497 e. The van der Waals surface area contributed by atoms with E-state index < -0.39 is 17.3 Å². The summed E-state index contributed by atoms with van der Waals surface area (Å²) in [5, 5.41) is 0.238. The van der Waals surface area contributed by atoms with E-state index in [0.717, 1.165) is 10.8 Å². The first-order valence-corrected chi connectivity index (χ1v) is 9.24. The van der Waals surface area contributed by atoms with Crippen LogP contribution in [0.3, 0.4) is 0 Å². The molecule has 1 aromatic heterocycles. The van der Waals surface area contributed by atoms with Crippen molar-refractivity contribution in [2.75, 3.05) is 14.2 Å². The molecule has 4 rings (SSSR count). The Morgan fingerprint density at radius 1 is 0.935 bits per heavy atom. The van der Waals surface area contributed by atoms with Crippen LogP contribution < -0.4 is 19.9 Å². The molecule has 0 fully saturated rings. The number of fused-ring (bicyclic) bond motifs is 1. The molecule has 0 unspecified atom stereocenters. The normalized spacial score (nSPS) is 10.7. The smallest absolute Gasteiger partial charge is 0.366 e. The molecule has 0 saturated carbocycles. The van der Waals surface area contributed by atoms with Crippen molar-refractivity contribution in [1.82, 2.24) is 9.71 Å². The van der Waals surface area contributed by atoms with Crippen LogP contribution in [0.1, 0.15) is 10.4 Å². The second-order valence-corrected chi connectivity index (χ2v) is 6.51. The lowest BCUT2D eigenvalue weighted by Gasteiger charge is -2.14. The van der Waals surface area contributed by atoms with Crippen LogP contribution in [0.2, 0.25) is 0 Å². The van der Waals surface area contributed by atoms with Crippen molar-refractivity contribution >= 4 is 16.9 Å². The van der Waals surface area contributed by atoms with Crippen LogP contribution >= 0.6 is 0 Å². The molecule has 8 heteroatoms. The number of hydrogen-bond donors (Lipinski definition) is 0. The number of benzene rings is 3. The number of para-hydroxylation sites is 1. The van der Waals surface area contributed by atoms with Gasteiger partial charge in [-0.3, -0.25) is 4.79 Å². The van der Waals surface area contributed by atoms with E-state index in [-0.39, 0.29) is 16.8 Å². The molecule has 4 aromatic rings. The van der Waals surface area contributed by atoms with E-state index in [4.69, 9.17) is 14.3 Å². The van der Waals surface area contributed by atoms with E-state index in [0.29, 0.717) is 22.6 Å². The Morgan fingerprint density at radius 2 is 1.58 bits per heavy atom. The van der Waals surface area contributed by atoms with Gasteiger partial charge in [-0.2, -0.15) is 0 Å². The third-order valence-electron chi connectivity index (χ3n) is 4.62. The summed E-state index contributed by atoms with van der Waals surface area (Å²) in [7, 11) is 2.97. The molecule has 0 saturated heterocycles. The van der Waals surface area contributed by atoms with Gasteiger partial charge in [0.15, 0.2) is 5.82 Å². The van der Waals surface area contributed by atoms with E-state index in [9.17, 15) is 14.0 Å². The van der Waals surface area contributed by atoms with E-state index in [1.54, 1.807) is 42.5 Å². The number of aromatic nitrogens is 2. The average molecular weight is 420 g/mol. The molecule has 0 atom stereocenters. The average Bonchev–Trinajstić information content (AvgIpc) is 2.80. The minimum absolute atomic E-state index is 0.0330. The highest BCUT2D eigenvalue weighted by Gasteiger charge is 2.20. The maximum Gasteiger partial charge on any atom is 0.366 e. The summed E-state index contributed by atoms with van der Waals surface area (Å²) in [6, 6.07) is 16.9. The van der Waals surface area contributed by atoms with Crippen molar-refractivity contribution in [1.29, 1.82) is 0 Å². The van der Waals surface area contributed by atoms with E-state index >= 15 is 0 Å². The van der Waals surface area contributed by atoms with Gasteiger partial charge in [-0.1, -0.05) is 24.3 Å². The van der Waals surface area contributed by atoms with Gasteiger partial charge in [0.25, 0.3) is 5.56 Å². The third kappa shape index (κ3) is 3.83. The third-order valence-corrected chi connectivity index (χ3v) is 4.62. The molecule has 0 aliphatic rings. The van der Waals surface area contributed by atoms with Crippen molar-refractivity contribution in [2.45, 2.75) is 0 Å². The Hall–Kier alpha value is -4.20. The summed E-state index contributed by atoms with van der Waals surface area (Å²) < 4.78 is 25.4. The van der Waals surface area contributed by atoms with Crippen molar-refractivity contribution in [2.24, 2.45) is 0 Å². The Kier molecular flexibility index (Phi) is 5.36. The Balaban J connectivity index is 1.94. The molecule has 31 heavy (non-hydrogen) atoms. The lowest BCUT2D eigenvalue weighted by Crippen LogP contribution is -2.33. The molecule has 7 nitrogen and oxygen atoms in total. The first-order chi connectivity index (χ1) is 15.0. The standard InChI is InChI=1S/C23H17FN2O5/c1-29-15-11-14(12-16(13-15)30-2)21-25-20-10-6-4-8-18(20)22(27)26(21)31-23(28)17-7-3-5-9-19(17)24/h3-13H,1-2H3. The SMILES string of the molecule is COc1cc(OC)cc(-c2nc3ccccc3c(=O)n2OC(=O)c2ccccc2F)c1. The van der Waals surface area contributed by atoms with E-state index in [1.165, 1.54) is 32.4 Å². The Morgan fingerprint density at radius 3 is 2.26 bits per heavy atom. The van der Waals surface area contributed by atoms with Crippen molar-refractivity contribution in [3.05, 3.63) is 88.5 Å². The molecule has 0 N–H and O–H groups in total. The summed E-state index contributed by atoms with van der Waals surface area (Å²) in [5.41, 5.74) is -0.119. The van der Waals surface area contributed by atoms with Gasteiger partial charge in [0, 0.05) is 11.6 Å². The number of halogens is 1. The highest BCUT2D eigenvalue weighted by atomic mass is 19.1. The van der Waals surface area contributed by atoms with Crippen LogP contribution in [0.4, 0.5) is 4.39 Å². The second kappa shape index (κ2) is 8.27. The van der Waals surface area contributed by atoms with Crippen molar-refractivity contribution in [3.8, 4) is 22.9 Å². The van der Waals surface area contributed by atoms with Crippen LogP contribution in [-0.2, 0) is 0 Å². The molecular weight excluding hydrogens is 403 g/mol. The number of nitrogens with zero attached hydrogens (tertiary/aromatic N) is 2. The number of hydrogen-bond acceptors (Lipinski definition) is 6. The van der Waals surface area contributed by atoms with Gasteiger partial charge in [-0.25, -0.2) is 14.2 Å². The summed E-state index contributed by atoms with van der Waals surface area (Å²) in [6.07, 6.45) is 0. The highest BCUT2D eigenvalue weighted by molar-refractivity contribution is 5.90. The Bertz CT molecular complexity index is 1330. The van der Waals surface area contributed by atoms with E-state index in [1.807, 2.05) is 0 Å². The molecule has 0 aliphatic carbocycles. The molecule has 1 heterocycles. The summed E-state index contributed by atoms with van der Waals surface area (Å²) in [5.74, 6) is -0.870. The lowest BCUT2D eigenvalue weighted by molar-refractivity contribution is 0.0444. The molecule has 3 aromatic carbocycles. The zero-order chi connectivity index (χ0) is 22.0. The van der Waals surface area contributed by atoms with Gasteiger partial charge in [0.1, 0.15) is 17.3 Å². The fraction of sp³-hybridized carbons (Fsp3) is 0.0870. The van der Waals surface area contributed by atoms with Gasteiger partial charge in [0.2, 0.25) is 0 Å². The predicted molar refractivity (Wildman–Crippen MR) is 112 cm³/mol. The minimum atomic E-state index is -1.03. The summed E-state index contributed by atoms with van der Waals surface area (Å²) in [4.78, 5) is 35.7. The zero-order valence-corrected chi connectivity index (χ0v) is 16.7. The van der Waals surface area contributed by atoms with Crippen LogP contribution in [0.5, 0.6) is 11.5 Å². The Labute approximate surface area is 176 Å². The number of carbonyl (C=O) groups is 1. The fourth-order valence-corrected chi connectivity index (χ4v) is 3.08. The molecule has 0 spiro atoms. The second-order valence-electron chi connectivity index (χ2n) is 6.51. The van der Waals surface area contributed by atoms with Gasteiger partial charge in [-0.15, -0.1) is 4.73 Å². The largest absolute Gasteiger partial charge is 0.497 e. The molecule has 0 amide bonds. The maximum absolute atomic E-state index is 14.1. The summed E-state index contributed by atoms with van der Waals surface area (Å²) in [6.45, 7) is 0. The highest BCUT2D eigenvalue weighted by Crippen LogP contribution is 2.29. The first-order valence-electron chi connectivity index (χ1n) is 9.24. The lowest BCUT2D eigenvalue weighted by atomic mass is 10.1. The zero-order valence-electron chi connectivity index (χ0n) is 16.7. The van der Waals surface area contributed by atoms with Crippen molar-refractivity contribution < 1.29 is 23.5 Å². The number of carbonyl (C=O) groups excluding carboxylic acids is 1. The summed E-state index contributed by atoms with van der Waals surface area (Å²) >= 11 is 0. The molecular formula is C23H17FN2O5. The predicted octanol–water partition coefficient (Wildman–Crippen LogP) is 3.49. The fourth-order valence-electron chi connectivity index (χ4n) is 3.08. The van der Waals surface area contributed by atoms with Gasteiger partial charge in [0.05, 0.1) is 30.7 Å². The molecule has 0 bridgehead atoms. The monoisotopic (exact) mass is 420 g/mol. The van der Waals surface area contributed by atoms with Crippen LogP contribution in [-0.4, -0.2) is 29.9 Å². The maximum atomic E-state index is 14.1. The molecule has 0 radical (unpaired) electrons. The first kappa shape index (κ1) is 20.1. The topological polar surface area (TPSA) is 79.7 Å². The van der Waals surface area contributed by atoms with Gasteiger partial charge < -0.3 is 14.3 Å². The number of methoxy groups -OCH3 is 2. The van der Waals surface area contributed by atoms with Crippen LogP contribution in [0, 0.1) is 5.82 Å². The van der Waals surface area contributed by atoms with Gasteiger partial charge >= 0.3 is 5.97 Å². The quantitative estimate of drug-likeness (QED) is 0.492. The van der Waals surface area contributed by atoms with Gasteiger partial charge in [-0.05, 0) is 36.4 Å². The van der Waals surface area contributed by atoms with Crippen LogP contribution in [0.25, 0.3) is 22.3 Å². The molecule has 156 valence electrons. The number of ether oxygens (including phenoxy) is 2. The van der Waals surface area contributed by atoms with E-state index in [2.05, 4.69) is 4.98 Å². The van der Waals surface area contributed by atoms with Crippen molar-refractivity contribution in [3.63, 3.8) is 0 Å².